The summed E-state index contributed by atoms with van der Waals surface area (Å²) in [5.41, 5.74) is 8.12. The molecule has 0 saturated carbocycles. The van der Waals surface area contributed by atoms with Crippen LogP contribution in [0.5, 0.6) is 0 Å². The fourth-order valence-electron chi connectivity index (χ4n) is 3.33. The van der Waals surface area contributed by atoms with Gasteiger partial charge in [-0.05, 0) is 44.4 Å². The van der Waals surface area contributed by atoms with Crippen molar-refractivity contribution in [2.75, 3.05) is 11.9 Å². The molecular formula is C25H30N4O3. The highest BCUT2D eigenvalue weighted by Crippen LogP contribution is 2.20. The second kappa shape index (κ2) is 10.2. The van der Waals surface area contributed by atoms with Crippen LogP contribution in [0.1, 0.15) is 31.9 Å². The van der Waals surface area contributed by atoms with Gasteiger partial charge in [-0.3, -0.25) is 14.2 Å². The minimum absolute atomic E-state index is 0.197. The van der Waals surface area contributed by atoms with Crippen molar-refractivity contribution in [2.45, 2.75) is 45.9 Å². The lowest BCUT2D eigenvalue weighted by molar-refractivity contribution is -0.155. The summed E-state index contributed by atoms with van der Waals surface area (Å²) in [7, 11) is 0. The number of carbonyl (C=O) groups is 1. The number of nitrogens with two attached hydrogens (primary N) is 1. The normalized spacial score (nSPS) is 11.2. The van der Waals surface area contributed by atoms with Crippen LogP contribution in [-0.2, 0) is 29.0 Å². The number of nitrogens with zero attached hydrogens (tertiary/aromatic N) is 2. The van der Waals surface area contributed by atoms with Crippen molar-refractivity contribution in [3.63, 3.8) is 0 Å². The molecule has 0 amide bonds. The van der Waals surface area contributed by atoms with E-state index in [1.54, 1.807) is 27.0 Å². The predicted molar refractivity (Wildman–Crippen MR) is 126 cm³/mol. The van der Waals surface area contributed by atoms with Crippen LogP contribution >= 0.6 is 0 Å². The Morgan fingerprint density at radius 1 is 1.09 bits per heavy atom. The Morgan fingerprint density at radius 3 is 2.50 bits per heavy atom. The van der Waals surface area contributed by atoms with Crippen LogP contribution in [-0.4, -0.2) is 27.7 Å². The summed E-state index contributed by atoms with van der Waals surface area (Å²) in [6.07, 6.45) is 2.35. The van der Waals surface area contributed by atoms with Gasteiger partial charge in [0.2, 0.25) is 0 Å². The number of ether oxygens (including phenoxy) is 1. The number of nitrogens with one attached hydrogen (secondary N) is 1. The molecule has 0 aliphatic heterocycles. The average Bonchev–Trinajstić information content (AvgIpc) is 2.76. The first-order chi connectivity index (χ1) is 15.3. The number of aromatic nitrogens is 2. The van der Waals surface area contributed by atoms with Crippen LogP contribution < -0.4 is 16.6 Å². The van der Waals surface area contributed by atoms with Crippen LogP contribution in [0.2, 0.25) is 0 Å². The standard InChI is InChI=1S/C25H30N4O3/c1-25(2,3)32-22(30)17-29-21(20-11-7-10-19(14-20)15-26)16-28-23(24(29)31)27-13-12-18-8-5-4-6-9-18/h4-11,14,16H,12-13,15,17,26H2,1-3H3,(H,27,28). The number of hydrogen-bond donors (Lipinski definition) is 2. The fourth-order valence-corrected chi connectivity index (χ4v) is 3.33. The van der Waals surface area contributed by atoms with Gasteiger partial charge in [0.15, 0.2) is 5.82 Å². The molecular weight excluding hydrogens is 404 g/mol. The summed E-state index contributed by atoms with van der Waals surface area (Å²) in [5.74, 6) is -0.291. The smallest absolute Gasteiger partial charge is 0.326 e. The van der Waals surface area contributed by atoms with E-state index in [1.807, 2.05) is 54.6 Å². The molecule has 7 heteroatoms. The zero-order valence-corrected chi connectivity index (χ0v) is 18.8. The van der Waals surface area contributed by atoms with E-state index in [4.69, 9.17) is 10.5 Å². The lowest BCUT2D eigenvalue weighted by Gasteiger charge is -2.21. The molecule has 0 bridgehead atoms. The third-order valence-electron chi connectivity index (χ3n) is 4.77. The van der Waals surface area contributed by atoms with Crippen molar-refractivity contribution < 1.29 is 9.53 Å². The lowest BCUT2D eigenvalue weighted by Crippen LogP contribution is -2.33. The van der Waals surface area contributed by atoms with Crippen LogP contribution in [0.4, 0.5) is 5.82 Å². The Hall–Kier alpha value is -3.45. The van der Waals surface area contributed by atoms with Crippen molar-refractivity contribution in [3.05, 3.63) is 82.3 Å². The molecule has 0 atom stereocenters. The Labute approximate surface area is 188 Å². The van der Waals surface area contributed by atoms with E-state index in [1.165, 1.54) is 4.57 Å². The Morgan fingerprint density at radius 2 is 1.81 bits per heavy atom. The summed E-state index contributed by atoms with van der Waals surface area (Å²) in [6, 6.07) is 17.5. The molecule has 0 radical (unpaired) electrons. The van der Waals surface area contributed by atoms with Gasteiger partial charge in [-0.15, -0.1) is 0 Å². The van der Waals surface area contributed by atoms with Crippen molar-refractivity contribution >= 4 is 11.8 Å². The summed E-state index contributed by atoms with van der Waals surface area (Å²) >= 11 is 0. The van der Waals surface area contributed by atoms with Crippen molar-refractivity contribution in [2.24, 2.45) is 5.73 Å². The zero-order valence-electron chi connectivity index (χ0n) is 18.8. The molecule has 1 heterocycles. The van der Waals surface area contributed by atoms with Gasteiger partial charge < -0.3 is 15.8 Å². The number of rotatable bonds is 8. The van der Waals surface area contributed by atoms with Gasteiger partial charge in [0.1, 0.15) is 12.1 Å². The summed E-state index contributed by atoms with van der Waals surface area (Å²) in [6.45, 7) is 6.08. The Bertz CT molecular complexity index is 1120. The molecule has 0 aliphatic carbocycles. The number of hydrogen-bond acceptors (Lipinski definition) is 6. The molecule has 168 valence electrons. The highest BCUT2D eigenvalue weighted by molar-refractivity contribution is 5.71. The molecule has 0 aliphatic rings. The molecule has 3 N–H and O–H groups in total. The molecule has 0 spiro atoms. The van der Waals surface area contributed by atoms with Crippen LogP contribution in [0, 0.1) is 0 Å². The maximum atomic E-state index is 13.3. The molecule has 0 unspecified atom stereocenters. The van der Waals surface area contributed by atoms with Gasteiger partial charge in [-0.25, -0.2) is 4.98 Å². The first-order valence-corrected chi connectivity index (χ1v) is 10.7. The topological polar surface area (TPSA) is 99.2 Å². The fraction of sp³-hybridized carbons (Fsp3) is 0.320. The molecule has 1 aromatic heterocycles. The molecule has 32 heavy (non-hydrogen) atoms. The minimum atomic E-state index is -0.649. The first kappa shape index (κ1) is 23.2. The zero-order chi connectivity index (χ0) is 23.1. The highest BCUT2D eigenvalue weighted by Gasteiger charge is 2.20. The van der Waals surface area contributed by atoms with Gasteiger partial charge in [0, 0.05) is 18.7 Å². The van der Waals surface area contributed by atoms with Crippen LogP contribution in [0.15, 0.2) is 65.6 Å². The van der Waals surface area contributed by atoms with E-state index in [2.05, 4.69) is 10.3 Å². The largest absolute Gasteiger partial charge is 0.459 e. The van der Waals surface area contributed by atoms with Gasteiger partial charge >= 0.3 is 5.97 Å². The molecule has 7 nitrogen and oxygen atoms in total. The summed E-state index contributed by atoms with van der Waals surface area (Å²) < 4.78 is 6.86. The monoisotopic (exact) mass is 434 g/mol. The van der Waals surface area contributed by atoms with E-state index >= 15 is 0 Å². The maximum absolute atomic E-state index is 13.3. The van der Waals surface area contributed by atoms with Crippen molar-refractivity contribution in [1.82, 2.24) is 9.55 Å². The molecule has 3 aromatic rings. The maximum Gasteiger partial charge on any atom is 0.326 e. The van der Waals surface area contributed by atoms with Gasteiger partial charge in [0.25, 0.3) is 5.56 Å². The van der Waals surface area contributed by atoms with Crippen LogP contribution in [0.25, 0.3) is 11.3 Å². The molecule has 2 aromatic carbocycles. The van der Waals surface area contributed by atoms with E-state index < -0.39 is 11.6 Å². The van der Waals surface area contributed by atoms with E-state index in [-0.39, 0.29) is 17.9 Å². The van der Waals surface area contributed by atoms with Crippen molar-refractivity contribution in [1.29, 1.82) is 0 Å². The second-order valence-electron chi connectivity index (χ2n) is 8.54. The minimum Gasteiger partial charge on any atom is -0.459 e. The Kier molecular flexibility index (Phi) is 7.43. The highest BCUT2D eigenvalue weighted by atomic mass is 16.6. The molecule has 0 fully saturated rings. The number of benzene rings is 2. The SMILES string of the molecule is CC(C)(C)OC(=O)Cn1c(-c2cccc(CN)c2)cnc(NCCc2ccccc2)c1=O. The van der Waals surface area contributed by atoms with Crippen LogP contribution in [0.3, 0.4) is 0 Å². The number of esters is 1. The average molecular weight is 435 g/mol. The number of carbonyl (C=O) groups excluding carboxylic acids is 1. The lowest BCUT2D eigenvalue weighted by atomic mass is 10.1. The second-order valence-corrected chi connectivity index (χ2v) is 8.54. The quantitative estimate of drug-likeness (QED) is 0.528. The Balaban J connectivity index is 1.91. The third-order valence-corrected chi connectivity index (χ3v) is 4.77. The van der Waals surface area contributed by atoms with Gasteiger partial charge in [0.05, 0.1) is 11.9 Å². The van der Waals surface area contributed by atoms with Gasteiger partial charge in [-0.1, -0.05) is 48.5 Å². The number of anilines is 1. The predicted octanol–water partition coefficient (Wildman–Crippen LogP) is 3.37. The summed E-state index contributed by atoms with van der Waals surface area (Å²) in [4.78, 5) is 30.2. The van der Waals surface area contributed by atoms with Crippen molar-refractivity contribution in [3.8, 4) is 11.3 Å². The van der Waals surface area contributed by atoms with Gasteiger partial charge in [-0.2, -0.15) is 0 Å². The third kappa shape index (κ3) is 6.28. The summed E-state index contributed by atoms with van der Waals surface area (Å²) in [5, 5.41) is 3.11. The van der Waals surface area contributed by atoms with E-state index in [9.17, 15) is 9.59 Å². The molecule has 0 saturated heterocycles. The van der Waals surface area contributed by atoms with E-state index in [0.717, 1.165) is 23.1 Å². The van der Waals surface area contributed by atoms with E-state index in [0.29, 0.717) is 18.8 Å². The first-order valence-electron chi connectivity index (χ1n) is 10.7. The molecule has 3 rings (SSSR count).